The van der Waals surface area contributed by atoms with Gasteiger partial charge < -0.3 is 16.0 Å². The Kier molecular flexibility index (Phi) is 5.31. The third kappa shape index (κ3) is 4.15. The second-order valence-electron chi connectivity index (χ2n) is 5.47. The summed E-state index contributed by atoms with van der Waals surface area (Å²) in [6.45, 7) is 5.32. The van der Waals surface area contributed by atoms with Gasteiger partial charge in [0.25, 0.3) is 0 Å². The SMILES string of the molecule is CC(CN1CCCCC1)Nc1ccc(C(N)=S)cc1F. The minimum atomic E-state index is -0.305. The molecular formula is C15H22FN3S. The summed E-state index contributed by atoms with van der Waals surface area (Å²) >= 11 is 4.85. The molecule has 1 aliphatic rings. The first-order chi connectivity index (χ1) is 9.56. The molecule has 1 heterocycles. The van der Waals surface area contributed by atoms with Gasteiger partial charge in [0.15, 0.2) is 0 Å². The fourth-order valence-electron chi connectivity index (χ4n) is 2.63. The summed E-state index contributed by atoms with van der Waals surface area (Å²) in [5.41, 5.74) is 6.57. The maximum Gasteiger partial charge on any atom is 0.146 e. The molecule has 1 aromatic carbocycles. The zero-order chi connectivity index (χ0) is 14.5. The molecule has 0 bridgehead atoms. The molecular weight excluding hydrogens is 273 g/mol. The first kappa shape index (κ1) is 15.2. The zero-order valence-corrected chi connectivity index (χ0v) is 12.7. The molecule has 0 aromatic heterocycles. The highest BCUT2D eigenvalue weighted by Crippen LogP contribution is 2.17. The van der Waals surface area contributed by atoms with E-state index in [4.69, 9.17) is 18.0 Å². The van der Waals surface area contributed by atoms with Crippen molar-refractivity contribution < 1.29 is 4.39 Å². The molecule has 0 spiro atoms. The lowest BCUT2D eigenvalue weighted by Gasteiger charge is -2.29. The van der Waals surface area contributed by atoms with E-state index in [2.05, 4.69) is 17.1 Å². The number of halogens is 1. The van der Waals surface area contributed by atoms with Crippen molar-refractivity contribution in [2.24, 2.45) is 5.73 Å². The maximum absolute atomic E-state index is 14.0. The lowest BCUT2D eigenvalue weighted by atomic mass is 10.1. The summed E-state index contributed by atoms with van der Waals surface area (Å²) in [5, 5.41) is 3.22. The first-order valence-corrected chi connectivity index (χ1v) is 7.55. The van der Waals surface area contributed by atoms with E-state index in [1.165, 1.54) is 25.3 Å². The van der Waals surface area contributed by atoms with E-state index in [1.807, 2.05) is 0 Å². The van der Waals surface area contributed by atoms with Gasteiger partial charge in [-0.2, -0.15) is 0 Å². The van der Waals surface area contributed by atoms with Crippen molar-refractivity contribution in [3.05, 3.63) is 29.6 Å². The Balaban J connectivity index is 1.93. The Labute approximate surface area is 125 Å². The molecule has 0 radical (unpaired) electrons. The van der Waals surface area contributed by atoms with Crippen molar-refractivity contribution in [2.75, 3.05) is 25.0 Å². The summed E-state index contributed by atoms with van der Waals surface area (Å²) in [7, 11) is 0. The molecule has 0 aliphatic carbocycles. The monoisotopic (exact) mass is 295 g/mol. The number of hydrogen-bond donors (Lipinski definition) is 2. The van der Waals surface area contributed by atoms with Crippen LogP contribution in [0.4, 0.5) is 10.1 Å². The maximum atomic E-state index is 14.0. The molecule has 1 unspecified atom stereocenters. The molecule has 2 rings (SSSR count). The van der Waals surface area contributed by atoms with Gasteiger partial charge in [0, 0.05) is 18.2 Å². The predicted molar refractivity (Wildman–Crippen MR) is 85.7 cm³/mol. The Morgan fingerprint density at radius 1 is 1.40 bits per heavy atom. The van der Waals surface area contributed by atoms with Crippen molar-refractivity contribution in [2.45, 2.75) is 32.2 Å². The summed E-state index contributed by atoms with van der Waals surface area (Å²) in [5.74, 6) is -0.305. The second-order valence-corrected chi connectivity index (χ2v) is 5.91. The van der Waals surface area contributed by atoms with E-state index in [9.17, 15) is 4.39 Å². The molecule has 1 aromatic rings. The van der Waals surface area contributed by atoms with E-state index in [0.29, 0.717) is 11.3 Å². The molecule has 3 nitrogen and oxygen atoms in total. The number of nitrogens with two attached hydrogens (primary N) is 1. The summed E-state index contributed by atoms with van der Waals surface area (Å²) < 4.78 is 14.0. The fourth-order valence-corrected chi connectivity index (χ4v) is 2.75. The van der Waals surface area contributed by atoms with Crippen LogP contribution in [0.15, 0.2) is 18.2 Å². The van der Waals surface area contributed by atoms with Crippen LogP contribution in [0, 0.1) is 5.82 Å². The summed E-state index contributed by atoms with van der Waals surface area (Å²) in [4.78, 5) is 2.65. The quantitative estimate of drug-likeness (QED) is 0.820. The summed E-state index contributed by atoms with van der Waals surface area (Å²) in [6, 6.07) is 5.05. The van der Waals surface area contributed by atoms with E-state index in [1.54, 1.807) is 12.1 Å². The lowest BCUT2D eigenvalue weighted by Crippen LogP contribution is -2.38. The smallest absolute Gasteiger partial charge is 0.146 e. The van der Waals surface area contributed by atoms with Crippen LogP contribution in [-0.4, -0.2) is 35.6 Å². The molecule has 0 saturated carbocycles. The summed E-state index contributed by atoms with van der Waals surface area (Å²) in [6.07, 6.45) is 3.86. The number of nitrogens with one attached hydrogen (secondary N) is 1. The van der Waals surface area contributed by atoms with Crippen LogP contribution in [0.25, 0.3) is 0 Å². The average molecular weight is 295 g/mol. The van der Waals surface area contributed by atoms with E-state index in [0.717, 1.165) is 19.6 Å². The van der Waals surface area contributed by atoms with Gasteiger partial charge in [-0.3, -0.25) is 0 Å². The molecule has 1 saturated heterocycles. The van der Waals surface area contributed by atoms with Crippen LogP contribution in [0.5, 0.6) is 0 Å². The highest BCUT2D eigenvalue weighted by Gasteiger charge is 2.14. The predicted octanol–water partition coefficient (Wildman–Crippen LogP) is 2.75. The number of piperidine rings is 1. The van der Waals surface area contributed by atoms with Crippen molar-refractivity contribution >= 4 is 22.9 Å². The fraction of sp³-hybridized carbons (Fsp3) is 0.533. The molecule has 1 atom stereocenters. The van der Waals surface area contributed by atoms with Gasteiger partial charge in [-0.1, -0.05) is 18.6 Å². The van der Waals surface area contributed by atoms with Crippen molar-refractivity contribution in [3.63, 3.8) is 0 Å². The number of rotatable bonds is 5. The Morgan fingerprint density at radius 3 is 2.70 bits per heavy atom. The molecule has 0 amide bonds. The largest absolute Gasteiger partial charge is 0.389 e. The van der Waals surface area contributed by atoms with E-state index >= 15 is 0 Å². The van der Waals surface area contributed by atoms with E-state index in [-0.39, 0.29) is 16.8 Å². The highest BCUT2D eigenvalue weighted by atomic mass is 32.1. The number of likely N-dealkylation sites (tertiary alicyclic amines) is 1. The van der Waals surface area contributed by atoms with Crippen LogP contribution >= 0.6 is 12.2 Å². The van der Waals surface area contributed by atoms with Gasteiger partial charge in [-0.15, -0.1) is 0 Å². The van der Waals surface area contributed by atoms with Crippen molar-refractivity contribution in [1.29, 1.82) is 0 Å². The molecule has 1 fully saturated rings. The van der Waals surface area contributed by atoms with Gasteiger partial charge in [-0.05, 0) is 51.1 Å². The molecule has 110 valence electrons. The first-order valence-electron chi connectivity index (χ1n) is 7.14. The van der Waals surface area contributed by atoms with Gasteiger partial charge in [-0.25, -0.2) is 4.39 Å². The van der Waals surface area contributed by atoms with E-state index < -0.39 is 0 Å². The Bertz CT molecular complexity index is 472. The van der Waals surface area contributed by atoms with Crippen LogP contribution in [0.2, 0.25) is 0 Å². The normalized spacial score (nSPS) is 17.7. The number of hydrogen-bond acceptors (Lipinski definition) is 3. The molecule has 3 N–H and O–H groups in total. The molecule has 5 heteroatoms. The van der Waals surface area contributed by atoms with Gasteiger partial charge >= 0.3 is 0 Å². The third-order valence-electron chi connectivity index (χ3n) is 3.64. The number of benzene rings is 1. The third-order valence-corrected chi connectivity index (χ3v) is 3.87. The number of thiocarbonyl (C=S) groups is 1. The number of anilines is 1. The van der Waals surface area contributed by atoms with Crippen LogP contribution in [0.1, 0.15) is 31.7 Å². The van der Waals surface area contributed by atoms with Crippen LogP contribution in [-0.2, 0) is 0 Å². The molecule has 20 heavy (non-hydrogen) atoms. The second kappa shape index (κ2) is 6.99. The number of nitrogens with zero attached hydrogens (tertiary/aromatic N) is 1. The van der Waals surface area contributed by atoms with Crippen LogP contribution < -0.4 is 11.1 Å². The topological polar surface area (TPSA) is 41.3 Å². The lowest BCUT2D eigenvalue weighted by molar-refractivity contribution is 0.223. The van der Waals surface area contributed by atoms with Crippen molar-refractivity contribution in [1.82, 2.24) is 4.90 Å². The van der Waals surface area contributed by atoms with Gasteiger partial charge in [0.1, 0.15) is 10.8 Å². The minimum Gasteiger partial charge on any atom is -0.389 e. The Hall–Kier alpha value is -1.20. The standard InChI is InChI=1S/C15H22FN3S/c1-11(10-19-7-3-2-4-8-19)18-14-6-5-12(15(17)20)9-13(14)16/h5-6,9,11,18H,2-4,7-8,10H2,1H3,(H2,17,20). The highest BCUT2D eigenvalue weighted by molar-refractivity contribution is 7.80. The van der Waals surface area contributed by atoms with Crippen LogP contribution in [0.3, 0.4) is 0 Å². The van der Waals surface area contributed by atoms with Gasteiger partial charge in [0.05, 0.1) is 5.69 Å². The molecule has 1 aliphatic heterocycles. The zero-order valence-electron chi connectivity index (χ0n) is 11.9. The van der Waals surface area contributed by atoms with Crippen molar-refractivity contribution in [3.8, 4) is 0 Å². The Morgan fingerprint density at radius 2 is 2.10 bits per heavy atom. The average Bonchev–Trinajstić information content (AvgIpc) is 2.42. The minimum absolute atomic E-state index is 0.207. The van der Waals surface area contributed by atoms with Gasteiger partial charge in [0.2, 0.25) is 0 Å².